The zero-order chi connectivity index (χ0) is 17.4. The molecule has 3 heteroatoms. The summed E-state index contributed by atoms with van der Waals surface area (Å²) in [5.74, 6) is 0.958. The van der Waals surface area contributed by atoms with E-state index < -0.39 is 0 Å². The van der Waals surface area contributed by atoms with Crippen LogP contribution in [0.3, 0.4) is 0 Å². The summed E-state index contributed by atoms with van der Waals surface area (Å²) in [5.41, 5.74) is 2.10. The third-order valence-corrected chi connectivity index (χ3v) is 6.92. The fraction of sp³-hybridized carbons (Fsp3) is 0.850. The van der Waals surface area contributed by atoms with Gasteiger partial charge in [-0.2, -0.15) is 0 Å². The number of carbonyl (C=O) groups excluding carboxylic acids is 1. The Hall–Kier alpha value is -0.670. The SMILES string of the molecule is CC1=C(CC[C@H](C)CCO)[C@@]2(C)CC[C@H](O)C(C)(C)[C@@H]2CC1=O. The molecule has 0 bridgehead atoms. The number of aliphatic hydroxyl groups excluding tert-OH is 2. The molecule has 2 aliphatic rings. The van der Waals surface area contributed by atoms with E-state index in [9.17, 15) is 9.90 Å². The van der Waals surface area contributed by atoms with E-state index in [1.54, 1.807) is 0 Å². The highest BCUT2D eigenvalue weighted by Gasteiger charge is 2.55. The Bertz CT molecular complexity index is 491. The van der Waals surface area contributed by atoms with Crippen LogP contribution in [0.25, 0.3) is 0 Å². The monoisotopic (exact) mass is 322 g/mol. The second-order valence-electron chi connectivity index (χ2n) is 8.73. The van der Waals surface area contributed by atoms with Crippen LogP contribution in [0.15, 0.2) is 11.1 Å². The van der Waals surface area contributed by atoms with E-state index >= 15 is 0 Å². The molecule has 0 radical (unpaired) electrons. The summed E-state index contributed by atoms with van der Waals surface area (Å²) in [6.45, 7) is 11.0. The minimum absolute atomic E-state index is 0.0274. The number of aliphatic hydroxyl groups is 2. The maximum atomic E-state index is 12.6. The number of ketones is 1. The quantitative estimate of drug-likeness (QED) is 0.807. The molecule has 0 spiro atoms. The summed E-state index contributed by atoms with van der Waals surface area (Å²) in [5, 5.41) is 19.6. The van der Waals surface area contributed by atoms with Gasteiger partial charge in [0.2, 0.25) is 0 Å². The zero-order valence-corrected chi connectivity index (χ0v) is 15.5. The number of hydrogen-bond acceptors (Lipinski definition) is 3. The van der Waals surface area contributed by atoms with Crippen molar-refractivity contribution >= 4 is 5.78 Å². The molecule has 0 aromatic rings. The Kier molecular flexibility index (Phi) is 5.42. The van der Waals surface area contributed by atoms with Gasteiger partial charge in [0.15, 0.2) is 5.78 Å². The smallest absolute Gasteiger partial charge is 0.158 e. The molecule has 0 amide bonds. The second kappa shape index (κ2) is 6.68. The van der Waals surface area contributed by atoms with Crippen molar-refractivity contribution in [1.82, 2.24) is 0 Å². The van der Waals surface area contributed by atoms with Gasteiger partial charge in [-0.05, 0) is 67.3 Å². The van der Waals surface area contributed by atoms with Crippen LogP contribution in [0, 0.1) is 22.7 Å². The average molecular weight is 322 g/mol. The maximum Gasteiger partial charge on any atom is 0.158 e. The molecule has 0 unspecified atom stereocenters. The average Bonchev–Trinajstić information content (AvgIpc) is 2.47. The van der Waals surface area contributed by atoms with Crippen molar-refractivity contribution in [3.63, 3.8) is 0 Å². The molecule has 0 saturated heterocycles. The van der Waals surface area contributed by atoms with Crippen LogP contribution in [0.4, 0.5) is 0 Å². The third kappa shape index (κ3) is 3.28. The second-order valence-corrected chi connectivity index (χ2v) is 8.73. The van der Waals surface area contributed by atoms with E-state index in [1.807, 2.05) is 6.92 Å². The van der Waals surface area contributed by atoms with Gasteiger partial charge >= 0.3 is 0 Å². The lowest BCUT2D eigenvalue weighted by Crippen LogP contribution is -2.53. The lowest BCUT2D eigenvalue weighted by atomic mass is 9.49. The molecule has 1 saturated carbocycles. The van der Waals surface area contributed by atoms with E-state index in [1.165, 1.54) is 5.57 Å². The molecule has 0 aromatic carbocycles. The standard InChI is InChI=1S/C20H34O3/c1-13(9-11-21)6-7-15-14(2)16(22)12-17-19(3,4)18(23)8-10-20(15,17)5/h13,17-18,21,23H,6-12H2,1-5H3/t13-,17-,18-,20+/m0/s1. The predicted molar refractivity (Wildman–Crippen MR) is 93.0 cm³/mol. The van der Waals surface area contributed by atoms with E-state index in [0.717, 1.165) is 37.7 Å². The van der Waals surface area contributed by atoms with E-state index in [-0.39, 0.29) is 35.2 Å². The Morgan fingerprint density at radius 1 is 1.26 bits per heavy atom. The van der Waals surface area contributed by atoms with Crippen molar-refractivity contribution in [2.75, 3.05) is 6.61 Å². The Morgan fingerprint density at radius 2 is 1.91 bits per heavy atom. The number of rotatable bonds is 5. The lowest BCUT2D eigenvalue weighted by Gasteiger charge is -2.56. The lowest BCUT2D eigenvalue weighted by molar-refractivity contribution is -0.129. The molecule has 23 heavy (non-hydrogen) atoms. The molecular formula is C20H34O3. The first-order valence-corrected chi connectivity index (χ1v) is 9.17. The van der Waals surface area contributed by atoms with Gasteiger partial charge < -0.3 is 10.2 Å². The molecule has 132 valence electrons. The number of carbonyl (C=O) groups is 1. The minimum Gasteiger partial charge on any atom is -0.396 e. The largest absolute Gasteiger partial charge is 0.396 e. The van der Waals surface area contributed by atoms with E-state index in [4.69, 9.17) is 5.11 Å². The summed E-state index contributed by atoms with van der Waals surface area (Å²) in [7, 11) is 0. The van der Waals surface area contributed by atoms with Crippen molar-refractivity contribution < 1.29 is 15.0 Å². The van der Waals surface area contributed by atoms with E-state index in [2.05, 4.69) is 27.7 Å². The highest BCUT2D eigenvalue weighted by Crippen LogP contribution is 2.59. The van der Waals surface area contributed by atoms with Crippen LogP contribution in [-0.2, 0) is 4.79 Å². The summed E-state index contributed by atoms with van der Waals surface area (Å²) >= 11 is 0. The van der Waals surface area contributed by atoms with Crippen molar-refractivity contribution in [3.8, 4) is 0 Å². The normalized spacial score (nSPS) is 35.2. The Balaban J connectivity index is 2.31. The van der Waals surface area contributed by atoms with Crippen LogP contribution >= 0.6 is 0 Å². The molecular weight excluding hydrogens is 288 g/mol. The molecule has 0 heterocycles. The molecule has 0 aliphatic heterocycles. The van der Waals surface area contributed by atoms with Crippen LogP contribution in [0.1, 0.15) is 73.1 Å². The third-order valence-electron chi connectivity index (χ3n) is 6.92. The summed E-state index contributed by atoms with van der Waals surface area (Å²) in [6, 6.07) is 0. The molecule has 2 N–H and O–H groups in total. The summed E-state index contributed by atoms with van der Waals surface area (Å²) < 4.78 is 0. The van der Waals surface area contributed by atoms with Crippen molar-refractivity contribution in [1.29, 1.82) is 0 Å². The van der Waals surface area contributed by atoms with Gasteiger partial charge in [0, 0.05) is 13.0 Å². The number of Topliss-reactive ketones (excluding diaryl/α,β-unsaturated/α-hetero) is 1. The molecule has 2 aliphatic carbocycles. The summed E-state index contributed by atoms with van der Waals surface area (Å²) in [4.78, 5) is 12.6. The van der Waals surface area contributed by atoms with Crippen LogP contribution in [-0.4, -0.2) is 28.7 Å². The van der Waals surface area contributed by atoms with Gasteiger partial charge in [-0.3, -0.25) is 4.79 Å². The highest BCUT2D eigenvalue weighted by molar-refractivity contribution is 5.97. The fourth-order valence-corrected chi connectivity index (χ4v) is 5.05. The molecule has 1 fully saturated rings. The fourth-order valence-electron chi connectivity index (χ4n) is 5.05. The Labute approximate surface area is 141 Å². The van der Waals surface area contributed by atoms with Gasteiger partial charge in [-0.1, -0.05) is 33.3 Å². The number of hydrogen-bond donors (Lipinski definition) is 2. The predicted octanol–water partition coefficient (Wildman–Crippen LogP) is 3.88. The number of fused-ring (bicyclic) bond motifs is 1. The number of allylic oxidation sites excluding steroid dienone is 2. The van der Waals surface area contributed by atoms with Crippen molar-refractivity contribution in [2.24, 2.45) is 22.7 Å². The van der Waals surface area contributed by atoms with Crippen molar-refractivity contribution in [2.45, 2.75) is 79.2 Å². The van der Waals surface area contributed by atoms with Crippen molar-refractivity contribution in [3.05, 3.63) is 11.1 Å². The maximum absolute atomic E-state index is 12.6. The van der Waals surface area contributed by atoms with Gasteiger partial charge in [0.25, 0.3) is 0 Å². The summed E-state index contributed by atoms with van der Waals surface area (Å²) in [6.07, 6.45) is 4.82. The molecule has 2 rings (SSSR count). The van der Waals surface area contributed by atoms with E-state index in [0.29, 0.717) is 12.3 Å². The minimum atomic E-state index is -0.318. The van der Waals surface area contributed by atoms with Crippen LogP contribution in [0.2, 0.25) is 0 Å². The topological polar surface area (TPSA) is 57.5 Å². The van der Waals surface area contributed by atoms with Crippen LogP contribution in [0.5, 0.6) is 0 Å². The molecule has 4 atom stereocenters. The highest BCUT2D eigenvalue weighted by atomic mass is 16.3. The van der Waals surface area contributed by atoms with Gasteiger partial charge in [0.05, 0.1) is 6.10 Å². The molecule has 3 nitrogen and oxygen atoms in total. The zero-order valence-electron chi connectivity index (χ0n) is 15.5. The Morgan fingerprint density at radius 3 is 2.52 bits per heavy atom. The van der Waals surface area contributed by atoms with Gasteiger partial charge in [-0.15, -0.1) is 0 Å². The molecule has 0 aromatic heterocycles. The van der Waals surface area contributed by atoms with Crippen LogP contribution < -0.4 is 0 Å². The first kappa shape index (κ1) is 18.7. The van der Waals surface area contributed by atoms with Gasteiger partial charge in [0.1, 0.15) is 0 Å². The first-order valence-electron chi connectivity index (χ1n) is 9.17. The van der Waals surface area contributed by atoms with Gasteiger partial charge in [-0.25, -0.2) is 0 Å². The first-order chi connectivity index (χ1) is 10.6.